The van der Waals surface area contributed by atoms with Crippen LogP contribution in [0.3, 0.4) is 0 Å². The molecule has 0 fully saturated rings. The Morgan fingerprint density at radius 3 is 2.40 bits per heavy atom. The van der Waals surface area contributed by atoms with Gasteiger partial charge in [0, 0.05) is 23.6 Å². The van der Waals surface area contributed by atoms with Crippen LogP contribution in [0.4, 0.5) is 0 Å². The molecule has 0 radical (unpaired) electrons. The van der Waals surface area contributed by atoms with Crippen LogP contribution in [0.1, 0.15) is 12.5 Å². The predicted molar refractivity (Wildman–Crippen MR) is 69.0 cm³/mol. The Morgan fingerprint density at radius 1 is 1.27 bits per heavy atom. The lowest BCUT2D eigenvalue weighted by Gasteiger charge is -2.20. The lowest BCUT2D eigenvalue weighted by molar-refractivity contribution is 0.302. The van der Waals surface area contributed by atoms with Crippen LogP contribution in [-0.2, 0) is 6.54 Å². The second-order valence-corrected chi connectivity index (χ2v) is 4.99. The lowest BCUT2D eigenvalue weighted by atomic mass is 10.2. The predicted octanol–water partition coefficient (Wildman–Crippen LogP) is 2.49. The van der Waals surface area contributed by atoms with E-state index in [2.05, 4.69) is 71.4 Å². The molecular weight excluding hydrogens is 252 g/mol. The van der Waals surface area contributed by atoms with E-state index >= 15 is 0 Å². The molecule has 0 heterocycles. The molecule has 0 spiro atoms. The largest absolute Gasteiger partial charge is 0.311 e. The van der Waals surface area contributed by atoms with E-state index in [1.807, 2.05) is 0 Å². The van der Waals surface area contributed by atoms with E-state index in [4.69, 9.17) is 0 Å². The minimum Gasteiger partial charge on any atom is -0.311 e. The molecule has 3 heteroatoms. The number of hydrogen-bond donors (Lipinski definition) is 1. The van der Waals surface area contributed by atoms with Gasteiger partial charge in [-0.3, -0.25) is 0 Å². The molecule has 0 aliphatic rings. The van der Waals surface area contributed by atoms with Gasteiger partial charge in [-0.2, -0.15) is 0 Å². The zero-order chi connectivity index (χ0) is 11.3. The van der Waals surface area contributed by atoms with Gasteiger partial charge in [-0.25, -0.2) is 0 Å². The molecule has 84 valence electrons. The van der Waals surface area contributed by atoms with Gasteiger partial charge in [-0.1, -0.05) is 28.1 Å². The van der Waals surface area contributed by atoms with Crippen molar-refractivity contribution in [2.24, 2.45) is 0 Å². The van der Waals surface area contributed by atoms with Crippen LogP contribution < -0.4 is 5.32 Å². The maximum atomic E-state index is 3.45. The van der Waals surface area contributed by atoms with E-state index in [1.165, 1.54) is 5.56 Å². The van der Waals surface area contributed by atoms with Gasteiger partial charge in [0.1, 0.15) is 0 Å². The van der Waals surface area contributed by atoms with E-state index in [9.17, 15) is 0 Å². The summed E-state index contributed by atoms with van der Waals surface area (Å²) >= 11 is 3.43. The molecule has 0 bridgehead atoms. The first-order valence-corrected chi connectivity index (χ1v) is 6.00. The van der Waals surface area contributed by atoms with E-state index in [1.54, 1.807) is 0 Å². The second kappa shape index (κ2) is 6.26. The average Bonchev–Trinajstić information content (AvgIpc) is 2.20. The number of rotatable bonds is 5. The average molecular weight is 271 g/mol. The molecule has 1 aromatic rings. The molecule has 1 atom stereocenters. The van der Waals surface area contributed by atoms with Crippen LogP contribution in [0.2, 0.25) is 0 Å². The Morgan fingerprint density at radius 2 is 1.87 bits per heavy atom. The van der Waals surface area contributed by atoms with E-state index in [-0.39, 0.29) is 0 Å². The number of likely N-dealkylation sites (N-methyl/N-ethyl adjacent to an activating group) is 1. The summed E-state index contributed by atoms with van der Waals surface area (Å²) in [6, 6.07) is 8.99. The molecule has 1 rings (SSSR count). The minimum absolute atomic E-state index is 0.570. The first-order chi connectivity index (χ1) is 7.09. The first-order valence-electron chi connectivity index (χ1n) is 5.21. The quantitative estimate of drug-likeness (QED) is 0.885. The van der Waals surface area contributed by atoms with Gasteiger partial charge >= 0.3 is 0 Å². The third-order valence-electron chi connectivity index (χ3n) is 2.56. The topological polar surface area (TPSA) is 15.3 Å². The smallest absolute Gasteiger partial charge is 0.0206 e. The molecule has 0 saturated carbocycles. The Bertz CT molecular complexity index is 282. The van der Waals surface area contributed by atoms with Gasteiger partial charge in [0.25, 0.3) is 0 Å². The summed E-state index contributed by atoms with van der Waals surface area (Å²) in [4.78, 5) is 2.22. The normalized spacial score (nSPS) is 13.1. The van der Waals surface area contributed by atoms with Crippen molar-refractivity contribution in [3.8, 4) is 0 Å². The highest BCUT2D eigenvalue weighted by molar-refractivity contribution is 9.10. The zero-order valence-electron chi connectivity index (χ0n) is 9.63. The number of hydrogen-bond acceptors (Lipinski definition) is 2. The number of benzene rings is 1. The Labute approximate surface area is 101 Å². The van der Waals surface area contributed by atoms with Gasteiger partial charge in [0.15, 0.2) is 0 Å². The van der Waals surface area contributed by atoms with Gasteiger partial charge < -0.3 is 10.2 Å². The molecule has 1 unspecified atom stereocenters. The molecule has 0 aromatic heterocycles. The summed E-state index contributed by atoms with van der Waals surface area (Å²) in [5.41, 5.74) is 1.32. The monoisotopic (exact) mass is 270 g/mol. The van der Waals surface area contributed by atoms with Gasteiger partial charge in [0.05, 0.1) is 0 Å². The Kier molecular flexibility index (Phi) is 5.29. The number of nitrogens with zero attached hydrogens (tertiary/aromatic N) is 1. The molecule has 1 aromatic carbocycles. The summed E-state index contributed by atoms with van der Waals surface area (Å²) in [6.45, 7) is 4.17. The molecule has 0 aliphatic heterocycles. The summed E-state index contributed by atoms with van der Waals surface area (Å²) in [5.74, 6) is 0. The Balaban J connectivity index is 2.29. The summed E-state index contributed by atoms with van der Waals surface area (Å²) in [6.07, 6.45) is 0. The van der Waals surface area contributed by atoms with Crippen LogP contribution >= 0.6 is 15.9 Å². The second-order valence-electron chi connectivity index (χ2n) is 4.07. The molecule has 2 nitrogen and oxygen atoms in total. The molecule has 0 saturated heterocycles. The van der Waals surface area contributed by atoms with E-state index in [0.29, 0.717) is 6.04 Å². The van der Waals surface area contributed by atoms with Crippen molar-refractivity contribution in [3.63, 3.8) is 0 Å². The number of halogens is 1. The first kappa shape index (κ1) is 12.7. The zero-order valence-corrected chi connectivity index (χ0v) is 11.2. The molecule has 15 heavy (non-hydrogen) atoms. The fourth-order valence-electron chi connectivity index (χ4n) is 1.21. The van der Waals surface area contributed by atoms with Crippen LogP contribution in [-0.4, -0.2) is 31.6 Å². The molecule has 0 amide bonds. The lowest BCUT2D eigenvalue weighted by Crippen LogP contribution is -2.35. The highest BCUT2D eigenvalue weighted by Crippen LogP contribution is 2.10. The van der Waals surface area contributed by atoms with Crippen molar-refractivity contribution in [1.82, 2.24) is 10.2 Å². The van der Waals surface area contributed by atoms with Crippen LogP contribution in [0.5, 0.6) is 0 Å². The summed E-state index contributed by atoms with van der Waals surface area (Å²) < 4.78 is 1.13. The molecule has 0 aliphatic carbocycles. The molecular formula is C12H19BrN2. The van der Waals surface area contributed by atoms with Crippen molar-refractivity contribution < 1.29 is 0 Å². The summed E-state index contributed by atoms with van der Waals surface area (Å²) in [7, 11) is 4.21. The SMILES string of the molecule is CC(CNCc1ccc(Br)cc1)N(C)C. The highest BCUT2D eigenvalue weighted by Gasteiger charge is 2.02. The maximum absolute atomic E-state index is 3.45. The maximum Gasteiger partial charge on any atom is 0.0206 e. The van der Waals surface area contributed by atoms with E-state index < -0.39 is 0 Å². The Hall–Kier alpha value is -0.380. The standard InChI is InChI=1S/C12H19BrN2/c1-10(15(2)3)8-14-9-11-4-6-12(13)7-5-11/h4-7,10,14H,8-9H2,1-3H3. The van der Waals surface area contributed by atoms with Crippen molar-refractivity contribution in [2.45, 2.75) is 19.5 Å². The minimum atomic E-state index is 0.570. The van der Waals surface area contributed by atoms with Crippen LogP contribution in [0.15, 0.2) is 28.7 Å². The van der Waals surface area contributed by atoms with Gasteiger partial charge in [-0.05, 0) is 38.7 Å². The third kappa shape index (κ3) is 4.78. The van der Waals surface area contributed by atoms with Crippen molar-refractivity contribution in [1.29, 1.82) is 0 Å². The van der Waals surface area contributed by atoms with Gasteiger partial charge in [-0.15, -0.1) is 0 Å². The molecule has 1 N–H and O–H groups in total. The van der Waals surface area contributed by atoms with Gasteiger partial charge in [0.2, 0.25) is 0 Å². The fraction of sp³-hybridized carbons (Fsp3) is 0.500. The van der Waals surface area contributed by atoms with Crippen LogP contribution in [0.25, 0.3) is 0 Å². The fourth-order valence-corrected chi connectivity index (χ4v) is 1.47. The summed E-state index contributed by atoms with van der Waals surface area (Å²) in [5, 5.41) is 3.45. The van der Waals surface area contributed by atoms with Crippen molar-refractivity contribution in [2.75, 3.05) is 20.6 Å². The van der Waals surface area contributed by atoms with Crippen molar-refractivity contribution in [3.05, 3.63) is 34.3 Å². The van der Waals surface area contributed by atoms with Crippen molar-refractivity contribution >= 4 is 15.9 Å². The number of nitrogens with one attached hydrogen (secondary N) is 1. The highest BCUT2D eigenvalue weighted by atomic mass is 79.9. The van der Waals surface area contributed by atoms with Crippen LogP contribution in [0, 0.1) is 0 Å². The third-order valence-corrected chi connectivity index (χ3v) is 3.09. The van der Waals surface area contributed by atoms with E-state index in [0.717, 1.165) is 17.6 Å².